The SMILES string of the molecule is CC(C)CCNC(=O)NC(=O)CSc1ncnc2sc(-c3ccccc3)cc12. The zero-order chi connectivity index (χ0) is 19.9. The topological polar surface area (TPSA) is 84.0 Å². The van der Waals surface area contributed by atoms with Gasteiger partial charge in [-0.1, -0.05) is 55.9 Å². The van der Waals surface area contributed by atoms with E-state index in [1.807, 2.05) is 24.3 Å². The highest BCUT2D eigenvalue weighted by Gasteiger charge is 2.13. The highest BCUT2D eigenvalue weighted by Crippen LogP contribution is 2.35. The van der Waals surface area contributed by atoms with E-state index in [2.05, 4.69) is 46.6 Å². The molecule has 0 aliphatic carbocycles. The molecule has 0 bridgehead atoms. The Kier molecular flexibility index (Phi) is 7.00. The van der Waals surface area contributed by atoms with Crippen molar-refractivity contribution in [3.63, 3.8) is 0 Å². The van der Waals surface area contributed by atoms with Crippen molar-refractivity contribution in [1.82, 2.24) is 20.6 Å². The van der Waals surface area contributed by atoms with E-state index in [0.29, 0.717) is 12.5 Å². The van der Waals surface area contributed by atoms with Crippen molar-refractivity contribution in [2.24, 2.45) is 5.92 Å². The second kappa shape index (κ2) is 9.66. The molecule has 0 spiro atoms. The minimum absolute atomic E-state index is 0.111. The molecule has 0 saturated heterocycles. The van der Waals surface area contributed by atoms with Crippen molar-refractivity contribution in [2.75, 3.05) is 12.3 Å². The Labute approximate surface area is 172 Å². The van der Waals surface area contributed by atoms with Crippen molar-refractivity contribution in [3.05, 3.63) is 42.7 Å². The van der Waals surface area contributed by atoms with E-state index in [1.165, 1.54) is 18.1 Å². The molecule has 2 N–H and O–H groups in total. The van der Waals surface area contributed by atoms with Gasteiger partial charge in [0.05, 0.1) is 5.75 Å². The largest absolute Gasteiger partial charge is 0.338 e. The van der Waals surface area contributed by atoms with Gasteiger partial charge in [-0.25, -0.2) is 14.8 Å². The van der Waals surface area contributed by atoms with E-state index in [4.69, 9.17) is 0 Å². The maximum absolute atomic E-state index is 12.1. The molecule has 0 fully saturated rings. The second-order valence-corrected chi connectivity index (χ2v) is 8.64. The average Bonchev–Trinajstić information content (AvgIpc) is 3.11. The molecule has 0 atom stereocenters. The number of urea groups is 1. The van der Waals surface area contributed by atoms with Crippen LogP contribution in [0.3, 0.4) is 0 Å². The third kappa shape index (κ3) is 5.53. The summed E-state index contributed by atoms with van der Waals surface area (Å²) < 4.78 is 0. The number of nitrogens with one attached hydrogen (secondary N) is 2. The summed E-state index contributed by atoms with van der Waals surface area (Å²) in [5.41, 5.74) is 1.12. The summed E-state index contributed by atoms with van der Waals surface area (Å²) in [4.78, 5) is 34.4. The Morgan fingerprint density at radius 3 is 2.71 bits per heavy atom. The van der Waals surface area contributed by atoms with Crippen LogP contribution in [-0.4, -0.2) is 34.2 Å². The molecule has 3 rings (SSSR count). The van der Waals surface area contributed by atoms with Gasteiger partial charge in [-0.05, 0) is 24.0 Å². The Hall–Kier alpha value is -2.45. The number of carbonyl (C=O) groups is 2. The first-order valence-corrected chi connectivity index (χ1v) is 10.8. The fourth-order valence-electron chi connectivity index (χ4n) is 2.51. The molecule has 1 aromatic carbocycles. The number of thiophene rings is 1. The van der Waals surface area contributed by atoms with E-state index >= 15 is 0 Å². The molecular weight excluding hydrogens is 392 g/mol. The molecule has 2 aromatic heterocycles. The normalized spacial score (nSPS) is 11.0. The summed E-state index contributed by atoms with van der Waals surface area (Å²) in [5.74, 6) is 0.260. The first-order chi connectivity index (χ1) is 13.5. The van der Waals surface area contributed by atoms with Gasteiger partial charge in [-0.2, -0.15) is 0 Å². The van der Waals surface area contributed by atoms with Crippen molar-refractivity contribution in [1.29, 1.82) is 0 Å². The lowest BCUT2D eigenvalue weighted by Crippen LogP contribution is -2.40. The van der Waals surface area contributed by atoms with Gasteiger partial charge in [0.1, 0.15) is 16.2 Å². The highest BCUT2D eigenvalue weighted by atomic mass is 32.2. The van der Waals surface area contributed by atoms with Crippen LogP contribution >= 0.6 is 23.1 Å². The van der Waals surface area contributed by atoms with Crippen LogP contribution in [0, 0.1) is 5.92 Å². The molecule has 3 aromatic rings. The lowest BCUT2D eigenvalue weighted by Gasteiger charge is -2.08. The van der Waals surface area contributed by atoms with Crippen molar-refractivity contribution in [2.45, 2.75) is 25.3 Å². The van der Waals surface area contributed by atoms with Crippen LogP contribution in [0.2, 0.25) is 0 Å². The zero-order valence-corrected chi connectivity index (χ0v) is 17.4. The van der Waals surface area contributed by atoms with E-state index in [-0.39, 0.29) is 11.7 Å². The number of hydrogen-bond donors (Lipinski definition) is 2. The Morgan fingerprint density at radius 2 is 1.96 bits per heavy atom. The summed E-state index contributed by atoms with van der Waals surface area (Å²) in [5, 5.41) is 6.70. The van der Waals surface area contributed by atoms with Crippen LogP contribution < -0.4 is 10.6 Å². The number of benzene rings is 1. The first kappa shape index (κ1) is 20.3. The van der Waals surface area contributed by atoms with Gasteiger partial charge in [0.15, 0.2) is 0 Å². The van der Waals surface area contributed by atoms with Crippen molar-refractivity contribution >= 4 is 45.3 Å². The summed E-state index contributed by atoms with van der Waals surface area (Å²) in [6.45, 7) is 4.71. The van der Waals surface area contributed by atoms with E-state index < -0.39 is 6.03 Å². The standard InChI is InChI=1S/C20H22N4O2S2/c1-13(2)8-9-21-20(26)24-17(25)11-27-18-15-10-16(14-6-4-3-5-7-14)28-19(15)23-12-22-18/h3-7,10,12-13H,8-9,11H2,1-2H3,(H2,21,24,25,26). The van der Waals surface area contributed by atoms with Crippen LogP contribution in [0.4, 0.5) is 4.79 Å². The number of hydrogen-bond acceptors (Lipinski definition) is 6. The number of imide groups is 1. The molecule has 2 heterocycles. The molecule has 0 aliphatic rings. The molecular formula is C20H22N4O2S2. The predicted octanol–water partition coefficient (Wildman–Crippen LogP) is 4.32. The fraction of sp³-hybridized carbons (Fsp3) is 0.300. The number of rotatable bonds is 7. The third-order valence-electron chi connectivity index (χ3n) is 3.95. The van der Waals surface area contributed by atoms with Crippen LogP contribution in [0.15, 0.2) is 47.8 Å². The van der Waals surface area contributed by atoms with Gasteiger partial charge in [-0.15, -0.1) is 11.3 Å². The highest BCUT2D eigenvalue weighted by molar-refractivity contribution is 8.00. The van der Waals surface area contributed by atoms with Gasteiger partial charge < -0.3 is 5.32 Å². The molecule has 3 amide bonds. The molecule has 0 saturated carbocycles. The monoisotopic (exact) mass is 414 g/mol. The lowest BCUT2D eigenvalue weighted by atomic mass is 10.1. The van der Waals surface area contributed by atoms with Crippen LogP contribution in [0.5, 0.6) is 0 Å². The van der Waals surface area contributed by atoms with Gasteiger partial charge in [0, 0.05) is 16.8 Å². The van der Waals surface area contributed by atoms with Crippen molar-refractivity contribution < 1.29 is 9.59 Å². The zero-order valence-electron chi connectivity index (χ0n) is 15.8. The van der Waals surface area contributed by atoms with E-state index in [9.17, 15) is 9.59 Å². The minimum Gasteiger partial charge on any atom is -0.338 e. The number of amides is 3. The molecule has 0 aliphatic heterocycles. The van der Waals surface area contributed by atoms with Gasteiger partial charge in [-0.3, -0.25) is 10.1 Å². The van der Waals surface area contributed by atoms with E-state index in [0.717, 1.165) is 32.1 Å². The Morgan fingerprint density at radius 1 is 1.18 bits per heavy atom. The van der Waals surface area contributed by atoms with Crippen LogP contribution in [0.25, 0.3) is 20.7 Å². The summed E-state index contributed by atoms with van der Waals surface area (Å²) in [6, 6.07) is 11.7. The second-order valence-electron chi connectivity index (χ2n) is 6.65. The first-order valence-electron chi connectivity index (χ1n) is 9.03. The summed E-state index contributed by atoms with van der Waals surface area (Å²) in [6.07, 6.45) is 2.38. The maximum Gasteiger partial charge on any atom is 0.321 e. The van der Waals surface area contributed by atoms with Gasteiger partial charge in [0.25, 0.3) is 0 Å². The Bertz CT molecular complexity index is 957. The summed E-state index contributed by atoms with van der Waals surface area (Å²) >= 11 is 2.89. The molecule has 0 radical (unpaired) electrons. The third-order valence-corrected chi connectivity index (χ3v) is 6.05. The summed E-state index contributed by atoms with van der Waals surface area (Å²) in [7, 11) is 0. The predicted molar refractivity (Wildman–Crippen MR) is 115 cm³/mol. The maximum atomic E-state index is 12.1. The minimum atomic E-state index is -0.457. The number of fused-ring (bicyclic) bond motifs is 1. The Balaban J connectivity index is 1.60. The van der Waals surface area contributed by atoms with Gasteiger partial charge in [0.2, 0.25) is 5.91 Å². The molecule has 6 nitrogen and oxygen atoms in total. The molecule has 28 heavy (non-hydrogen) atoms. The molecule has 8 heteroatoms. The van der Waals surface area contributed by atoms with E-state index in [1.54, 1.807) is 11.3 Å². The smallest absolute Gasteiger partial charge is 0.321 e. The number of nitrogens with zero attached hydrogens (tertiary/aromatic N) is 2. The van der Waals surface area contributed by atoms with Gasteiger partial charge >= 0.3 is 6.03 Å². The molecule has 146 valence electrons. The number of aromatic nitrogens is 2. The lowest BCUT2D eigenvalue weighted by molar-refractivity contribution is -0.117. The number of carbonyl (C=O) groups excluding carboxylic acids is 2. The van der Waals surface area contributed by atoms with Crippen LogP contribution in [-0.2, 0) is 4.79 Å². The molecule has 0 unspecified atom stereocenters. The quantitative estimate of drug-likeness (QED) is 0.444. The average molecular weight is 415 g/mol. The number of thioether (sulfide) groups is 1. The van der Waals surface area contributed by atoms with Crippen molar-refractivity contribution in [3.8, 4) is 10.4 Å². The van der Waals surface area contributed by atoms with Crippen LogP contribution in [0.1, 0.15) is 20.3 Å². The fourth-order valence-corrected chi connectivity index (χ4v) is 4.35.